The van der Waals surface area contributed by atoms with Gasteiger partial charge >= 0.3 is 0 Å². The third kappa shape index (κ3) is 4.29. The molecule has 0 aromatic rings. The fourth-order valence-corrected chi connectivity index (χ4v) is 1.14. The van der Waals surface area contributed by atoms with Crippen LogP contribution in [0.1, 0.15) is 13.8 Å². The average Bonchev–Trinajstić information content (AvgIpc) is 2.32. The lowest BCUT2D eigenvalue weighted by molar-refractivity contribution is -0.140. The van der Waals surface area contributed by atoms with Gasteiger partial charge in [-0.1, -0.05) is 5.16 Å². The first-order chi connectivity index (χ1) is 7.84. The molecule has 0 fully saturated rings. The second-order valence-electron chi connectivity index (χ2n) is 3.89. The van der Waals surface area contributed by atoms with Crippen LogP contribution < -0.4 is 5.73 Å². The third-order valence-corrected chi connectivity index (χ3v) is 2.45. The second-order valence-corrected chi connectivity index (χ2v) is 3.89. The number of oxime groups is 1. The minimum absolute atomic E-state index is 0.00855. The summed E-state index contributed by atoms with van der Waals surface area (Å²) in [6.45, 7) is 3.67. The molecule has 7 heteroatoms. The topological polar surface area (TPSA) is 99.2 Å². The van der Waals surface area contributed by atoms with Crippen LogP contribution in [0.5, 0.6) is 0 Å². The Morgan fingerprint density at radius 1 is 1.41 bits per heavy atom. The van der Waals surface area contributed by atoms with Gasteiger partial charge in [-0.15, -0.1) is 0 Å². The number of amidine groups is 1. The summed E-state index contributed by atoms with van der Waals surface area (Å²) in [5.41, 5.74) is 5.36. The number of hydrogen-bond donors (Lipinski definition) is 2. The van der Waals surface area contributed by atoms with Gasteiger partial charge in [0.05, 0.1) is 12.5 Å². The van der Waals surface area contributed by atoms with Crippen molar-refractivity contribution < 1.29 is 14.8 Å². The fraction of sp³-hybridized carbons (Fsp3) is 0.700. The lowest BCUT2D eigenvalue weighted by Crippen LogP contribution is -2.45. The van der Waals surface area contributed by atoms with Gasteiger partial charge in [0.25, 0.3) is 0 Å². The summed E-state index contributed by atoms with van der Waals surface area (Å²) in [5, 5.41) is 11.3. The third-order valence-electron chi connectivity index (χ3n) is 2.45. The lowest BCUT2D eigenvalue weighted by Gasteiger charge is -2.24. The number of nitrogens with two attached hydrogens (primary N) is 1. The molecule has 98 valence electrons. The molecule has 0 bridgehead atoms. The van der Waals surface area contributed by atoms with E-state index in [9.17, 15) is 9.59 Å². The molecule has 2 amide bonds. The molecule has 3 N–H and O–H groups in total. The number of hydrogen-bond acceptors (Lipinski definition) is 4. The van der Waals surface area contributed by atoms with Gasteiger partial charge < -0.3 is 20.7 Å². The fourth-order valence-electron chi connectivity index (χ4n) is 1.14. The number of rotatable bonds is 5. The Morgan fingerprint density at radius 2 is 1.94 bits per heavy atom. The zero-order chi connectivity index (χ0) is 13.6. The average molecular weight is 244 g/mol. The normalized spacial score (nSPS) is 13.1. The Bertz CT molecular complexity index is 315. The standard InChI is InChI=1S/C10H20N4O3/c1-5-14(6-8(15)13(3)4)10(16)7(2)9(11)12-17/h7,17H,5-6H2,1-4H3,(H2,11,12). The summed E-state index contributed by atoms with van der Waals surface area (Å²) in [6.07, 6.45) is 0. The van der Waals surface area contributed by atoms with Gasteiger partial charge in [-0.25, -0.2) is 0 Å². The first-order valence-electron chi connectivity index (χ1n) is 5.31. The number of likely N-dealkylation sites (N-methyl/N-ethyl adjacent to an activating group) is 2. The van der Waals surface area contributed by atoms with Crippen molar-refractivity contribution in [3.63, 3.8) is 0 Å². The number of amides is 2. The number of nitrogens with zero attached hydrogens (tertiary/aromatic N) is 3. The minimum atomic E-state index is -0.741. The van der Waals surface area contributed by atoms with Crippen LogP contribution in [0.3, 0.4) is 0 Å². The first-order valence-corrected chi connectivity index (χ1v) is 5.31. The molecule has 0 aromatic carbocycles. The van der Waals surface area contributed by atoms with Crippen LogP contribution in [-0.4, -0.2) is 59.8 Å². The molecule has 1 unspecified atom stereocenters. The van der Waals surface area contributed by atoms with Crippen LogP contribution >= 0.6 is 0 Å². The number of carbonyl (C=O) groups is 2. The SMILES string of the molecule is CCN(CC(=O)N(C)C)C(=O)C(C)C(N)=NO. The van der Waals surface area contributed by atoms with E-state index in [1.54, 1.807) is 21.0 Å². The Balaban J connectivity index is 4.67. The van der Waals surface area contributed by atoms with E-state index in [1.165, 1.54) is 16.7 Å². The van der Waals surface area contributed by atoms with Gasteiger partial charge in [-0.2, -0.15) is 0 Å². The molecule has 0 radical (unpaired) electrons. The van der Waals surface area contributed by atoms with E-state index in [1.807, 2.05) is 0 Å². The molecule has 7 nitrogen and oxygen atoms in total. The van der Waals surface area contributed by atoms with Gasteiger partial charge in [0.2, 0.25) is 11.8 Å². The summed E-state index contributed by atoms with van der Waals surface area (Å²) in [4.78, 5) is 26.2. The maximum atomic E-state index is 11.9. The van der Waals surface area contributed by atoms with Gasteiger partial charge in [0, 0.05) is 20.6 Å². The molecular formula is C10H20N4O3. The van der Waals surface area contributed by atoms with Crippen molar-refractivity contribution in [2.75, 3.05) is 27.2 Å². The van der Waals surface area contributed by atoms with Crippen molar-refractivity contribution >= 4 is 17.6 Å². The molecule has 0 aromatic heterocycles. The van der Waals surface area contributed by atoms with Crippen LogP contribution in [0.2, 0.25) is 0 Å². The van der Waals surface area contributed by atoms with Crippen molar-refractivity contribution in [2.24, 2.45) is 16.8 Å². The summed E-state index contributed by atoms with van der Waals surface area (Å²) < 4.78 is 0. The largest absolute Gasteiger partial charge is 0.409 e. The molecule has 0 saturated heterocycles. The molecule has 0 saturated carbocycles. The zero-order valence-electron chi connectivity index (χ0n) is 10.7. The first kappa shape index (κ1) is 15.2. The summed E-state index contributed by atoms with van der Waals surface area (Å²) >= 11 is 0. The Kier molecular flexibility index (Phi) is 6.01. The molecular weight excluding hydrogens is 224 g/mol. The quantitative estimate of drug-likeness (QED) is 0.289. The highest BCUT2D eigenvalue weighted by molar-refractivity contribution is 6.02. The number of carbonyl (C=O) groups excluding carboxylic acids is 2. The molecule has 0 spiro atoms. The van der Waals surface area contributed by atoms with Crippen LogP contribution in [0.4, 0.5) is 0 Å². The van der Waals surface area contributed by atoms with Crippen LogP contribution in [0.25, 0.3) is 0 Å². The maximum Gasteiger partial charge on any atom is 0.241 e. The highest BCUT2D eigenvalue weighted by atomic mass is 16.4. The van der Waals surface area contributed by atoms with Crippen molar-refractivity contribution in [1.82, 2.24) is 9.80 Å². The van der Waals surface area contributed by atoms with E-state index in [4.69, 9.17) is 10.9 Å². The second kappa shape index (κ2) is 6.72. The predicted octanol–water partition coefficient (Wildman–Crippen LogP) is -0.694. The van der Waals surface area contributed by atoms with Crippen molar-refractivity contribution in [2.45, 2.75) is 13.8 Å². The molecule has 0 aliphatic rings. The Morgan fingerprint density at radius 3 is 2.29 bits per heavy atom. The maximum absolute atomic E-state index is 11.9. The van der Waals surface area contributed by atoms with Crippen LogP contribution in [0.15, 0.2) is 5.16 Å². The van der Waals surface area contributed by atoms with E-state index in [0.29, 0.717) is 6.54 Å². The van der Waals surface area contributed by atoms with E-state index in [2.05, 4.69) is 5.16 Å². The van der Waals surface area contributed by atoms with Crippen LogP contribution in [0, 0.1) is 5.92 Å². The molecule has 1 atom stereocenters. The van der Waals surface area contributed by atoms with Crippen molar-refractivity contribution in [3.8, 4) is 0 Å². The summed E-state index contributed by atoms with van der Waals surface area (Å²) in [6, 6.07) is 0. The van der Waals surface area contributed by atoms with Crippen molar-refractivity contribution in [3.05, 3.63) is 0 Å². The van der Waals surface area contributed by atoms with Gasteiger partial charge in [0.1, 0.15) is 0 Å². The van der Waals surface area contributed by atoms with E-state index >= 15 is 0 Å². The lowest BCUT2D eigenvalue weighted by atomic mass is 10.1. The molecule has 0 heterocycles. The smallest absolute Gasteiger partial charge is 0.241 e. The Hall–Kier alpha value is -1.79. The predicted molar refractivity (Wildman–Crippen MR) is 63.5 cm³/mol. The monoisotopic (exact) mass is 244 g/mol. The highest BCUT2D eigenvalue weighted by Crippen LogP contribution is 2.03. The molecule has 0 aliphatic carbocycles. The van der Waals surface area contributed by atoms with Crippen molar-refractivity contribution in [1.29, 1.82) is 0 Å². The summed E-state index contributed by atoms with van der Waals surface area (Å²) in [7, 11) is 3.24. The van der Waals surface area contributed by atoms with Gasteiger partial charge in [0.15, 0.2) is 5.84 Å². The van der Waals surface area contributed by atoms with Gasteiger partial charge in [-0.3, -0.25) is 9.59 Å². The molecule has 17 heavy (non-hydrogen) atoms. The molecule has 0 rings (SSSR count). The van der Waals surface area contributed by atoms with E-state index in [0.717, 1.165) is 0 Å². The minimum Gasteiger partial charge on any atom is -0.409 e. The Labute approximate surface area is 101 Å². The van der Waals surface area contributed by atoms with Crippen LogP contribution in [-0.2, 0) is 9.59 Å². The van der Waals surface area contributed by atoms with E-state index < -0.39 is 5.92 Å². The molecule has 0 aliphatic heterocycles. The summed E-state index contributed by atoms with van der Waals surface area (Å²) in [5.74, 6) is -1.41. The van der Waals surface area contributed by atoms with E-state index in [-0.39, 0.29) is 24.2 Å². The highest BCUT2D eigenvalue weighted by Gasteiger charge is 2.24. The van der Waals surface area contributed by atoms with Gasteiger partial charge in [-0.05, 0) is 13.8 Å². The zero-order valence-corrected chi connectivity index (χ0v) is 10.7.